The highest BCUT2D eigenvalue weighted by molar-refractivity contribution is 5.89. The number of allylic oxidation sites excluding steroid dienone is 1. The van der Waals surface area contributed by atoms with Gasteiger partial charge in [-0.3, -0.25) is 0 Å². The van der Waals surface area contributed by atoms with Gasteiger partial charge in [0.25, 0.3) is 0 Å². The van der Waals surface area contributed by atoms with Gasteiger partial charge in [0.2, 0.25) is 0 Å². The lowest BCUT2D eigenvalue weighted by Crippen LogP contribution is -2.33. The summed E-state index contributed by atoms with van der Waals surface area (Å²) in [7, 11) is 1.46. The van der Waals surface area contributed by atoms with Crippen LogP contribution in [0, 0.1) is 11.8 Å². The smallest absolute Gasteiger partial charge is 0.333 e. The molecule has 0 spiro atoms. The third kappa shape index (κ3) is 1.47. The Labute approximate surface area is 85.3 Å². The Balaban J connectivity index is 2.09. The van der Waals surface area contributed by atoms with Gasteiger partial charge < -0.3 is 4.74 Å². The normalized spacial score (nSPS) is 34.1. The summed E-state index contributed by atoms with van der Waals surface area (Å²) < 4.78 is 4.75. The molecule has 2 saturated carbocycles. The fourth-order valence-corrected chi connectivity index (χ4v) is 2.90. The van der Waals surface area contributed by atoms with E-state index < -0.39 is 0 Å². The van der Waals surface area contributed by atoms with Crippen LogP contribution >= 0.6 is 0 Å². The van der Waals surface area contributed by atoms with Gasteiger partial charge in [-0.05, 0) is 38.0 Å². The molecule has 2 rings (SSSR count). The maximum absolute atomic E-state index is 11.3. The maximum Gasteiger partial charge on any atom is 0.333 e. The molecule has 14 heavy (non-hydrogen) atoms. The van der Waals surface area contributed by atoms with Crippen molar-refractivity contribution in [2.45, 2.75) is 39.0 Å². The molecule has 0 aliphatic heterocycles. The molecular weight excluding hydrogens is 176 g/mol. The monoisotopic (exact) mass is 194 g/mol. The number of rotatable bonds is 1. The predicted molar refractivity (Wildman–Crippen MR) is 54.8 cm³/mol. The molecular formula is C12H18O2. The number of hydrogen-bond acceptors (Lipinski definition) is 2. The Morgan fingerprint density at radius 2 is 2.07 bits per heavy atom. The highest BCUT2D eigenvalue weighted by atomic mass is 16.5. The van der Waals surface area contributed by atoms with Crippen LogP contribution in [-0.4, -0.2) is 13.1 Å². The van der Waals surface area contributed by atoms with Gasteiger partial charge >= 0.3 is 5.97 Å². The summed E-state index contributed by atoms with van der Waals surface area (Å²) in [5, 5.41) is 0. The van der Waals surface area contributed by atoms with E-state index in [1.54, 1.807) is 0 Å². The van der Waals surface area contributed by atoms with Gasteiger partial charge in [-0.25, -0.2) is 4.79 Å². The molecule has 0 heterocycles. The molecule has 0 saturated heterocycles. The molecule has 2 aliphatic rings. The van der Waals surface area contributed by atoms with Gasteiger partial charge in [-0.2, -0.15) is 0 Å². The van der Waals surface area contributed by atoms with Crippen LogP contribution in [0.5, 0.6) is 0 Å². The molecule has 0 amide bonds. The van der Waals surface area contributed by atoms with Crippen LogP contribution in [0.1, 0.15) is 39.0 Å². The fraction of sp³-hybridized carbons (Fsp3) is 0.750. The SMILES string of the molecule is COC(=O)/C(C)=C1/CC2CCCCC12. The van der Waals surface area contributed by atoms with Crippen LogP contribution in [0.4, 0.5) is 0 Å². The third-order valence-corrected chi connectivity index (χ3v) is 3.81. The highest BCUT2D eigenvalue weighted by Crippen LogP contribution is 2.50. The number of hydrogen-bond donors (Lipinski definition) is 0. The van der Waals surface area contributed by atoms with Crippen molar-refractivity contribution in [1.29, 1.82) is 0 Å². The van der Waals surface area contributed by atoms with Gasteiger partial charge in [0.15, 0.2) is 0 Å². The molecule has 0 radical (unpaired) electrons. The number of ether oxygens (including phenoxy) is 1. The van der Waals surface area contributed by atoms with Crippen molar-refractivity contribution in [2.24, 2.45) is 11.8 Å². The van der Waals surface area contributed by atoms with Crippen LogP contribution in [0.3, 0.4) is 0 Å². The first-order valence-corrected chi connectivity index (χ1v) is 5.52. The van der Waals surface area contributed by atoms with Crippen LogP contribution in [-0.2, 0) is 9.53 Å². The summed E-state index contributed by atoms with van der Waals surface area (Å²) in [6.07, 6.45) is 6.51. The Kier molecular flexibility index (Phi) is 2.62. The molecule has 2 aliphatic carbocycles. The van der Waals surface area contributed by atoms with E-state index in [2.05, 4.69) is 0 Å². The van der Waals surface area contributed by atoms with Crippen molar-refractivity contribution >= 4 is 5.97 Å². The van der Waals surface area contributed by atoms with Crippen molar-refractivity contribution in [3.05, 3.63) is 11.1 Å². The van der Waals surface area contributed by atoms with Crippen molar-refractivity contribution in [2.75, 3.05) is 7.11 Å². The van der Waals surface area contributed by atoms with E-state index in [4.69, 9.17) is 4.74 Å². The van der Waals surface area contributed by atoms with Gasteiger partial charge in [0.05, 0.1) is 7.11 Å². The molecule has 0 aromatic rings. The van der Waals surface area contributed by atoms with Crippen molar-refractivity contribution < 1.29 is 9.53 Å². The molecule has 2 atom stereocenters. The first kappa shape index (κ1) is 9.75. The first-order chi connectivity index (χ1) is 6.74. The molecule has 0 aromatic heterocycles. The van der Waals surface area contributed by atoms with Gasteiger partial charge in [0, 0.05) is 5.57 Å². The van der Waals surface area contributed by atoms with E-state index in [0.717, 1.165) is 17.9 Å². The molecule has 0 N–H and O–H groups in total. The highest BCUT2D eigenvalue weighted by Gasteiger charge is 2.39. The molecule has 2 unspecified atom stereocenters. The zero-order valence-corrected chi connectivity index (χ0v) is 9.01. The Morgan fingerprint density at radius 3 is 2.71 bits per heavy atom. The second-order valence-corrected chi connectivity index (χ2v) is 4.50. The minimum absolute atomic E-state index is 0.135. The van der Waals surface area contributed by atoms with Crippen LogP contribution in [0.2, 0.25) is 0 Å². The average Bonchev–Trinajstić information content (AvgIpc) is 2.18. The van der Waals surface area contributed by atoms with E-state index in [1.807, 2.05) is 6.92 Å². The zero-order chi connectivity index (χ0) is 10.1. The summed E-state index contributed by atoms with van der Waals surface area (Å²) in [5.41, 5.74) is 2.25. The predicted octanol–water partition coefficient (Wildman–Crippen LogP) is 2.69. The van der Waals surface area contributed by atoms with Crippen LogP contribution in [0.25, 0.3) is 0 Å². The molecule has 78 valence electrons. The summed E-state index contributed by atoms with van der Waals surface area (Å²) in [5.74, 6) is 1.45. The van der Waals surface area contributed by atoms with E-state index in [1.165, 1.54) is 38.4 Å². The minimum Gasteiger partial charge on any atom is -0.466 e. The van der Waals surface area contributed by atoms with Crippen molar-refractivity contribution in [3.63, 3.8) is 0 Å². The van der Waals surface area contributed by atoms with Gasteiger partial charge in [-0.15, -0.1) is 0 Å². The quantitative estimate of drug-likeness (QED) is 0.474. The average molecular weight is 194 g/mol. The minimum atomic E-state index is -0.135. The summed E-state index contributed by atoms with van der Waals surface area (Å²) in [4.78, 5) is 11.3. The fourth-order valence-electron chi connectivity index (χ4n) is 2.90. The van der Waals surface area contributed by atoms with E-state index in [-0.39, 0.29) is 5.97 Å². The standard InChI is InChI=1S/C12H18O2/c1-8(12(13)14-2)11-7-9-5-3-4-6-10(9)11/h9-10H,3-7H2,1-2H3/b11-8-. The van der Waals surface area contributed by atoms with Crippen LogP contribution < -0.4 is 0 Å². The number of methoxy groups -OCH3 is 1. The Morgan fingerprint density at radius 1 is 1.36 bits per heavy atom. The molecule has 2 heteroatoms. The number of esters is 1. The summed E-state index contributed by atoms with van der Waals surface area (Å²) in [6.45, 7) is 1.91. The Hall–Kier alpha value is -0.790. The Bertz CT molecular complexity index is 278. The molecule has 0 aromatic carbocycles. The first-order valence-electron chi connectivity index (χ1n) is 5.52. The second-order valence-electron chi connectivity index (χ2n) is 4.50. The molecule has 2 fully saturated rings. The molecule has 0 bridgehead atoms. The topological polar surface area (TPSA) is 26.3 Å². The van der Waals surface area contributed by atoms with Crippen LogP contribution in [0.15, 0.2) is 11.1 Å². The number of carbonyl (C=O) groups excluding carboxylic acids is 1. The molecule has 2 nitrogen and oxygen atoms in total. The van der Waals surface area contributed by atoms with E-state index >= 15 is 0 Å². The van der Waals surface area contributed by atoms with Crippen molar-refractivity contribution in [1.82, 2.24) is 0 Å². The van der Waals surface area contributed by atoms with E-state index in [0.29, 0.717) is 5.92 Å². The lowest BCUT2D eigenvalue weighted by atomic mass is 9.61. The van der Waals surface area contributed by atoms with Gasteiger partial charge in [0.1, 0.15) is 0 Å². The van der Waals surface area contributed by atoms with Gasteiger partial charge in [-0.1, -0.05) is 18.4 Å². The summed E-state index contributed by atoms with van der Waals surface area (Å²) >= 11 is 0. The second kappa shape index (κ2) is 3.76. The maximum atomic E-state index is 11.3. The van der Waals surface area contributed by atoms with Crippen molar-refractivity contribution in [3.8, 4) is 0 Å². The third-order valence-electron chi connectivity index (χ3n) is 3.81. The largest absolute Gasteiger partial charge is 0.466 e. The van der Waals surface area contributed by atoms with E-state index in [9.17, 15) is 4.79 Å². The lowest BCUT2D eigenvalue weighted by Gasteiger charge is -2.44. The summed E-state index contributed by atoms with van der Waals surface area (Å²) in [6, 6.07) is 0. The lowest BCUT2D eigenvalue weighted by molar-refractivity contribution is -0.136. The number of fused-ring (bicyclic) bond motifs is 1. The number of carbonyl (C=O) groups is 1. The zero-order valence-electron chi connectivity index (χ0n) is 9.01.